The van der Waals surface area contributed by atoms with Gasteiger partial charge < -0.3 is 0 Å². The van der Waals surface area contributed by atoms with Gasteiger partial charge in [0.05, 0.1) is 6.26 Å². The van der Waals surface area contributed by atoms with E-state index in [1.807, 2.05) is 12.4 Å². The van der Waals surface area contributed by atoms with Crippen LogP contribution in [0, 0.1) is 5.41 Å². The molecular formula is C19H29N3O2S. The normalized spacial score (nSPS) is 28.8. The quantitative estimate of drug-likeness (QED) is 0.829. The maximum atomic E-state index is 11.8. The molecule has 1 aromatic rings. The zero-order valence-corrected chi connectivity index (χ0v) is 15.9. The Kier molecular flexibility index (Phi) is 4.63. The van der Waals surface area contributed by atoms with E-state index in [1.54, 1.807) is 4.31 Å². The second-order valence-corrected chi connectivity index (χ2v) is 10.2. The van der Waals surface area contributed by atoms with E-state index >= 15 is 0 Å². The second kappa shape index (κ2) is 6.63. The van der Waals surface area contributed by atoms with Crippen molar-refractivity contribution < 1.29 is 8.42 Å². The fourth-order valence-corrected chi connectivity index (χ4v) is 6.28. The smallest absolute Gasteiger partial charge is 0.211 e. The lowest BCUT2D eigenvalue weighted by Crippen LogP contribution is -2.63. The topological polar surface area (TPSA) is 53.5 Å². The molecule has 0 bridgehead atoms. The van der Waals surface area contributed by atoms with E-state index in [9.17, 15) is 8.42 Å². The molecule has 25 heavy (non-hydrogen) atoms. The fraction of sp³-hybridized carbons (Fsp3) is 0.737. The molecular weight excluding hydrogens is 334 g/mol. The maximum absolute atomic E-state index is 11.8. The SMILES string of the molecule is CS(=O)(=O)N1CCC(N2CC3(CCCCC3)C2c2ccncc2)CC1. The lowest BCUT2D eigenvalue weighted by atomic mass is 9.60. The van der Waals surface area contributed by atoms with Gasteiger partial charge in [-0.3, -0.25) is 9.88 Å². The first kappa shape index (κ1) is 17.4. The van der Waals surface area contributed by atoms with E-state index < -0.39 is 10.0 Å². The summed E-state index contributed by atoms with van der Waals surface area (Å²) < 4.78 is 25.2. The van der Waals surface area contributed by atoms with Gasteiger partial charge in [-0.1, -0.05) is 19.3 Å². The van der Waals surface area contributed by atoms with E-state index in [0.29, 0.717) is 30.6 Å². The molecule has 1 aliphatic carbocycles. The van der Waals surface area contributed by atoms with Gasteiger partial charge >= 0.3 is 0 Å². The molecule has 3 fully saturated rings. The Labute approximate surface area is 151 Å². The largest absolute Gasteiger partial charge is 0.292 e. The predicted octanol–water partition coefficient (Wildman–Crippen LogP) is 2.81. The first-order valence-electron chi connectivity index (χ1n) is 9.60. The van der Waals surface area contributed by atoms with Crippen molar-refractivity contribution in [1.82, 2.24) is 14.2 Å². The summed E-state index contributed by atoms with van der Waals surface area (Å²) in [6, 6.07) is 5.35. The first-order chi connectivity index (χ1) is 12.0. The van der Waals surface area contributed by atoms with Crippen LogP contribution in [0.25, 0.3) is 0 Å². The van der Waals surface area contributed by atoms with Gasteiger partial charge in [-0.25, -0.2) is 12.7 Å². The van der Waals surface area contributed by atoms with Crippen molar-refractivity contribution in [3.8, 4) is 0 Å². The van der Waals surface area contributed by atoms with Gasteiger partial charge in [-0.2, -0.15) is 0 Å². The van der Waals surface area contributed by atoms with Crippen molar-refractivity contribution in [1.29, 1.82) is 0 Å². The minimum atomic E-state index is -3.05. The second-order valence-electron chi connectivity index (χ2n) is 8.17. The van der Waals surface area contributed by atoms with Crippen LogP contribution in [0.4, 0.5) is 0 Å². The predicted molar refractivity (Wildman–Crippen MR) is 98.6 cm³/mol. The summed E-state index contributed by atoms with van der Waals surface area (Å²) in [7, 11) is -3.05. The first-order valence-corrected chi connectivity index (χ1v) is 11.5. The zero-order valence-electron chi connectivity index (χ0n) is 15.1. The van der Waals surface area contributed by atoms with Gasteiger partial charge in [0, 0.05) is 49.5 Å². The highest BCUT2D eigenvalue weighted by Gasteiger charge is 2.55. The summed E-state index contributed by atoms with van der Waals surface area (Å²) >= 11 is 0. The van der Waals surface area contributed by atoms with Crippen molar-refractivity contribution in [3.63, 3.8) is 0 Å². The van der Waals surface area contributed by atoms with Crippen LogP contribution in [-0.2, 0) is 10.0 Å². The molecule has 6 heteroatoms. The summed E-state index contributed by atoms with van der Waals surface area (Å²) in [6.45, 7) is 2.51. The highest BCUT2D eigenvalue weighted by Crippen LogP contribution is 2.58. The lowest BCUT2D eigenvalue weighted by Gasteiger charge is -2.62. The molecule has 5 nitrogen and oxygen atoms in total. The third-order valence-corrected chi connectivity index (χ3v) is 7.95. The number of pyridine rings is 1. The third kappa shape index (κ3) is 3.24. The third-order valence-electron chi connectivity index (χ3n) is 6.64. The van der Waals surface area contributed by atoms with Crippen molar-refractivity contribution in [3.05, 3.63) is 30.1 Å². The minimum absolute atomic E-state index is 0.438. The Balaban J connectivity index is 1.52. The minimum Gasteiger partial charge on any atom is -0.292 e. The van der Waals surface area contributed by atoms with Gasteiger partial charge in [0.1, 0.15) is 0 Å². The molecule has 1 unspecified atom stereocenters. The molecule has 3 aliphatic rings. The number of nitrogens with zero attached hydrogens (tertiary/aromatic N) is 3. The Morgan fingerprint density at radius 3 is 2.32 bits per heavy atom. The molecule has 2 saturated heterocycles. The standard InChI is InChI=1S/C19H29N3O2S/c1-25(23,24)21-13-7-17(8-14-21)22-15-19(9-3-2-4-10-19)18(22)16-5-11-20-12-6-16/h5-6,11-12,17-18H,2-4,7-10,13-15H2,1H3. The van der Waals surface area contributed by atoms with Crippen molar-refractivity contribution in [2.24, 2.45) is 5.41 Å². The molecule has 1 saturated carbocycles. The molecule has 4 rings (SSSR count). The van der Waals surface area contributed by atoms with E-state index in [2.05, 4.69) is 22.0 Å². The molecule has 2 aliphatic heterocycles. The summed E-state index contributed by atoms with van der Waals surface area (Å²) in [5.41, 5.74) is 1.84. The van der Waals surface area contributed by atoms with Crippen molar-refractivity contribution in [2.45, 2.75) is 57.0 Å². The highest BCUT2D eigenvalue weighted by molar-refractivity contribution is 7.88. The van der Waals surface area contributed by atoms with Crippen LogP contribution in [0.3, 0.4) is 0 Å². The van der Waals surface area contributed by atoms with Crippen molar-refractivity contribution in [2.75, 3.05) is 25.9 Å². The lowest BCUT2D eigenvalue weighted by molar-refractivity contribution is -0.131. The number of hydrogen-bond acceptors (Lipinski definition) is 4. The average molecular weight is 364 g/mol. The van der Waals surface area contributed by atoms with Crippen LogP contribution < -0.4 is 0 Å². The van der Waals surface area contributed by atoms with E-state index in [4.69, 9.17) is 0 Å². The summed E-state index contributed by atoms with van der Waals surface area (Å²) in [5.74, 6) is 0. The molecule has 0 aromatic carbocycles. The van der Waals surface area contributed by atoms with Gasteiger partial charge in [-0.15, -0.1) is 0 Å². The highest BCUT2D eigenvalue weighted by atomic mass is 32.2. The van der Waals surface area contributed by atoms with Crippen LogP contribution in [0.15, 0.2) is 24.5 Å². The summed E-state index contributed by atoms with van der Waals surface area (Å²) in [4.78, 5) is 6.87. The van der Waals surface area contributed by atoms with Gasteiger partial charge in [-0.05, 0) is 43.4 Å². The van der Waals surface area contributed by atoms with Gasteiger partial charge in [0.25, 0.3) is 0 Å². The molecule has 1 spiro atoms. The molecule has 3 heterocycles. The molecule has 0 radical (unpaired) electrons. The average Bonchev–Trinajstić information content (AvgIpc) is 2.61. The zero-order chi connectivity index (χ0) is 17.5. The van der Waals surface area contributed by atoms with E-state index in [0.717, 1.165) is 12.8 Å². The molecule has 0 N–H and O–H groups in total. The number of sulfonamides is 1. The Bertz CT molecular complexity index is 693. The number of likely N-dealkylation sites (tertiary alicyclic amines) is 1. The van der Waals surface area contributed by atoms with E-state index in [1.165, 1.54) is 50.5 Å². The Hall–Kier alpha value is -0.980. The number of rotatable bonds is 3. The molecule has 1 aromatic heterocycles. The van der Waals surface area contributed by atoms with Crippen LogP contribution in [0.1, 0.15) is 56.6 Å². The van der Waals surface area contributed by atoms with Crippen LogP contribution in [0.2, 0.25) is 0 Å². The maximum Gasteiger partial charge on any atom is 0.211 e. The summed E-state index contributed by atoms with van der Waals surface area (Å²) in [5, 5.41) is 0. The molecule has 1 atom stereocenters. The number of piperidine rings is 1. The Morgan fingerprint density at radius 1 is 1.08 bits per heavy atom. The molecule has 138 valence electrons. The van der Waals surface area contributed by atoms with Crippen molar-refractivity contribution >= 4 is 10.0 Å². The fourth-order valence-electron chi connectivity index (χ4n) is 5.40. The monoisotopic (exact) mass is 363 g/mol. The summed E-state index contributed by atoms with van der Waals surface area (Å²) in [6.07, 6.45) is 13.8. The van der Waals surface area contributed by atoms with Gasteiger partial charge in [0.2, 0.25) is 10.0 Å². The number of hydrogen-bond donors (Lipinski definition) is 0. The van der Waals surface area contributed by atoms with E-state index in [-0.39, 0.29) is 0 Å². The van der Waals surface area contributed by atoms with Crippen LogP contribution in [0.5, 0.6) is 0 Å². The van der Waals surface area contributed by atoms with Crippen LogP contribution >= 0.6 is 0 Å². The molecule has 0 amide bonds. The number of aromatic nitrogens is 1. The van der Waals surface area contributed by atoms with Crippen LogP contribution in [-0.4, -0.2) is 54.5 Å². The Morgan fingerprint density at radius 2 is 1.72 bits per heavy atom. The van der Waals surface area contributed by atoms with Gasteiger partial charge in [0.15, 0.2) is 0 Å².